The molecule has 1 heterocycles. The van der Waals surface area contributed by atoms with Crippen LogP contribution in [0.5, 0.6) is 5.75 Å². The van der Waals surface area contributed by atoms with Crippen molar-refractivity contribution in [1.82, 2.24) is 4.98 Å². The van der Waals surface area contributed by atoms with Gasteiger partial charge in [0, 0.05) is 18.0 Å². The van der Waals surface area contributed by atoms with E-state index in [-0.39, 0.29) is 11.5 Å². The van der Waals surface area contributed by atoms with Crippen LogP contribution in [-0.4, -0.2) is 25.6 Å². The second kappa shape index (κ2) is 5.33. The van der Waals surface area contributed by atoms with Gasteiger partial charge in [-0.05, 0) is 18.2 Å². The number of ether oxygens (including phenoxy) is 1. The number of benzene rings is 1. The zero-order chi connectivity index (χ0) is 13.9. The third-order valence-corrected chi connectivity index (χ3v) is 3.88. The molecule has 2 aromatic rings. The number of aromatic nitrogens is 1. The van der Waals surface area contributed by atoms with E-state index in [2.05, 4.69) is 9.71 Å². The molecule has 6 nitrogen and oxygen atoms in total. The maximum Gasteiger partial charge on any atom is 0.263 e. The second-order valence-electron chi connectivity index (χ2n) is 3.86. The van der Waals surface area contributed by atoms with Gasteiger partial charge in [0.15, 0.2) is 0 Å². The van der Waals surface area contributed by atoms with Crippen LogP contribution < -0.4 is 9.46 Å². The van der Waals surface area contributed by atoms with Gasteiger partial charge in [0.05, 0.1) is 19.4 Å². The Balaban J connectivity index is 2.25. The summed E-state index contributed by atoms with van der Waals surface area (Å²) >= 11 is 0. The molecule has 0 radical (unpaired) electrons. The van der Waals surface area contributed by atoms with E-state index in [1.54, 1.807) is 24.3 Å². The lowest BCUT2D eigenvalue weighted by Crippen LogP contribution is -2.12. The normalized spacial score (nSPS) is 11.3. The van der Waals surface area contributed by atoms with Crippen LogP contribution in [0.25, 0.3) is 0 Å². The van der Waals surface area contributed by atoms with Crippen molar-refractivity contribution in [3.63, 3.8) is 0 Å². The lowest BCUT2D eigenvalue weighted by molar-refractivity contribution is 0.277. The van der Waals surface area contributed by atoms with Gasteiger partial charge in [-0.2, -0.15) is 0 Å². The Kier molecular flexibility index (Phi) is 3.77. The number of anilines is 1. The van der Waals surface area contributed by atoms with Crippen LogP contribution in [0.1, 0.15) is 5.69 Å². The molecule has 1 aromatic heterocycles. The van der Waals surface area contributed by atoms with Crippen molar-refractivity contribution in [1.29, 1.82) is 0 Å². The summed E-state index contributed by atoms with van der Waals surface area (Å²) in [6, 6.07) is 7.99. The zero-order valence-corrected chi connectivity index (χ0v) is 11.1. The van der Waals surface area contributed by atoms with Gasteiger partial charge in [0.1, 0.15) is 10.6 Å². The van der Waals surface area contributed by atoms with Gasteiger partial charge >= 0.3 is 0 Å². The van der Waals surface area contributed by atoms with Gasteiger partial charge < -0.3 is 14.8 Å². The number of aromatic amines is 1. The van der Waals surface area contributed by atoms with Gasteiger partial charge in [0.2, 0.25) is 0 Å². The number of H-pyrrole nitrogens is 1. The number of hydrogen-bond acceptors (Lipinski definition) is 4. The second-order valence-corrected chi connectivity index (χ2v) is 5.54. The number of aliphatic hydroxyl groups excluding tert-OH is 1. The molecule has 0 aliphatic rings. The Morgan fingerprint density at radius 2 is 2.16 bits per heavy atom. The minimum absolute atomic E-state index is 0.0689. The number of rotatable bonds is 5. The van der Waals surface area contributed by atoms with Gasteiger partial charge in [-0.1, -0.05) is 6.07 Å². The molecule has 0 atom stereocenters. The Labute approximate surface area is 111 Å². The monoisotopic (exact) mass is 282 g/mol. The Morgan fingerprint density at radius 3 is 2.79 bits per heavy atom. The molecular weight excluding hydrogens is 268 g/mol. The molecule has 0 spiro atoms. The smallest absolute Gasteiger partial charge is 0.263 e. The van der Waals surface area contributed by atoms with Crippen molar-refractivity contribution in [2.75, 3.05) is 11.8 Å². The molecule has 0 unspecified atom stereocenters. The topological polar surface area (TPSA) is 91.4 Å². The van der Waals surface area contributed by atoms with Crippen LogP contribution in [0.15, 0.2) is 41.4 Å². The Bertz CT molecular complexity index is 664. The summed E-state index contributed by atoms with van der Waals surface area (Å²) in [6.07, 6.45) is 1.33. The van der Waals surface area contributed by atoms with Gasteiger partial charge in [-0.3, -0.25) is 4.72 Å². The Morgan fingerprint density at radius 1 is 1.37 bits per heavy atom. The van der Waals surface area contributed by atoms with E-state index in [9.17, 15) is 8.42 Å². The average molecular weight is 282 g/mol. The Hall–Kier alpha value is -1.99. The number of aliphatic hydroxyl groups is 1. The van der Waals surface area contributed by atoms with E-state index in [4.69, 9.17) is 9.84 Å². The molecule has 0 amide bonds. The summed E-state index contributed by atoms with van der Waals surface area (Å²) in [4.78, 5) is 2.74. The molecule has 0 saturated carbocycles. The van der Waals surface area contributed by atoms with Crippen LogP contribution in [0.3, 0.4) is 0 Å². The summed E-state index contributed by atoms with van der Waals surface area (Å²) in [6.45, 7) is -0.241. The number of hydrogen-bond donors (Lipinski definition) is 3. The van der Waals surface area contributed by atoms with E-state index in [0.717, 1.165) is 0 Å². The minimum atomic E-state index is -3.68. The third-order valence-electron chi connectivity index (χ3n) is 2.52. The molecular formula is C12H14N2O4S. The quantitative estimate of drug-likeness (QED) is 0.771. The molecule has 0 fully saturated rings. The first-order chi connectivity index (χ1) is 9.05. The standard InChI is InChI=1S/C12H14N2O4S/c1-18-11-4-2-3-9(5-11)14-19(16,17)12-6-10(8-15)13-7-12/h2-7,13-15H,8H2,1H3. The number of nitrogens with one attached hydrogen (secondary N) is 2. The molecule has 0 aliphatic carbocycles. The highest BCUT2D eigenvalue weighted by molar-refractivity contribution is 7.92. The molecule has 7 heteroatoms. The highest BCUT2D eigenvalue weighted by Crippen LogP contribution is 2.20. The third kappa shape index (κ3) is 3.07. The molecule has 1 aromatic carbocycles. The van der Waals surface area contributed by atoms with Crippen LogP contribution >= 0.6 is 0 Å². The maximum atomic E-state index is 12.1. The largest absolute Gasteiger partial charge is 0.497 e. The van der Waals surface area contributed by atoms with Crippen LogP contribution in [0.4, 0.5) is 5.69 Å². The van der Waals surface area contributed by atoms with Crippen molar-refractivity contribution in [3.05, 3.63) is 42.2 Å². The molecule has 2 rings (SSSR count). The highest BCUT2D eigenvalue weighted by atomic mass is 32.2. The van der Waals surface area contributed by atoms with Crippen molar-refractivity contribution >= 4 is 15.7 Å². The predicted octanol–water partition coefficient (Wildman–Crippen LogP) is 1.32. The number of sulfonamides is 1. The molecule has 102 valence electrons. The average Bonchev–Trinajstić information content (AvgIpc) is 2.88. The van der Waals surface area contributed by atoms with E-state index in [1.807, 2.05) is 0 Å². The van der Waals surface area contributed by atoms with Crippen LogP contribution in [0.2, 0.25) is 0 Å². The van der Waals surface area contributed by atoms with E-state index >= 15 is 0 Å². The molecule has 0 aliphatic heterocycles. The van der Waals surface area contributed by atoms with Crippen LogP contribution in [-0.2, 0) is 16.6 Å². The highest BCUT2D eigenvalue weighted by Gasteiger charge is 2.16. The van der Waals surface area contributed by atoms with Gasteiger partial charge in [-0.15, -0.1) is 0 Å². The van der Waals surface area contributed by atoms with E-state index < -0.39 is 10.0 Å². The fraction of sp³-hybridized carbons (Fsp3) is 0.167. The van der Waals surface area contributed by atoms with Crippen molar-refractivity contribution in [2.45, 2.75) is 11.5 Å². The van der Waals surface area contributed by atoms with Gasteiger partial charge in [-0.25, -0.2) is 8.42 Å². The maximum absolute atomic E-state index is 12.1. The summed E-state index contributed by atoms with van der Waals surface area (Å²) < 4.78 is 31.6. The first-order valence-electron chi connectivity index (χ1n) is 5.50. The summed E-state index contributed by atoms with van der Waals surface area (Å²) in [7, 11) is -2.17. The molecule has 0 bridgehead atoms. The SMILES string of the molecule is COc1cccc(NS(=O)(=O)c2c[nH]c(CO)c2)c1. The lowest BCUT2D eigenvalue weighted by atomic mass is 10.3. The number of methoxy groups -OCH3 is 1. The van der Waals surface area contributed by atoms with Gasteiger partial charge in [0.25, 0.3) is 10.0 Å². The summed E-state index contributed by atoms with van der Waals surface area (Å²) in [5.74, 6) is 0.560. The first kappa shape index (κ1) is 13.4. The fourth-order valence-corrected chi connectivity index (χ4v) is 2.63. The van der Waals surface area contributed by atoms with E-state index in [1.165, 1.54) is 19.4 Å². The minimum Gasteiger partial charge on any atom is -0.497 e. The molecule has 19 heavy (non-hydrogen) atoms. The van der Waals surface area contributed by atoms with Crippen molar-refractivity contribution < 1.29 is 18.3 Å². The predicted molar refractivity (Wildman–Crippen MR) is 70.5 cm³/mol. The fourth-order valence-electron chi connectivity index (χ4n) is 1.57. The summed E-state index contributed by atoms with van der Waals surface area (Å²) in [5, 5.41) is 8.91. The van der Waals surface area contributed by atoms with Crippen molar-refractivity contribution in [3.8, 4) is 5.75 Å². The van der Waals surface area contributed by atoms with Crippen LogP contribution in [0, 0.1) is 0 Å². The zero-order valence-electron chi connectivity index (χ0n) is 10.3. The van der Waals surface area contributed by atoms with Crippen molar-refractivity contribution in [2.24, 2.45) is 0 Å². The molecule has 0 saturated heterocycles. The lowest BCUT2D eigenvalue weighted by Gasteiger charge is -2.07. The first-order valence-corrected chi connectivity index (χ1v) is 6.98. The summed E-state index contributed by atoms with van der Waals surface area (Å²) in [5.41, 5.74) is 0.845. The van der Waals surface area contributed by atoms with E-state index in [0.29, 0.717) is 17.1 Å². The molecule has 3 N–H and O–H groups in total.